The number of carbonyl (C=O) groups is 1. The number of amides is 1. The van der Waals surface area contributed by atoms with Crippen LogP contribution in [-0.2, 0) is 25.3 Å². The predicted octanol–water partition coefficient (Wildman–Crippen LogP) is 4.83. The number of piperazine rings is 1. The summed E-state index contributed by atoms with van der Waals surface area (Å²) in [5, 5.41) is 6.00. The SMILES string of the molecule is Cc1cccc(N2N=CC(N3CCN(S(=O)(=O)Cc4cc#[n+]c(/N=C(/C5=CC=CCC5)c5ccccc5)c4)CC3)C(OCC3(C)CC3)C2=O)c1. The molecule has 2 aliphatic heterocycles. The molecule has 0 bridgehead atoms. The van der Waals surface area contributed by atoms with Crippen molar-refractivity contribution < 1.29 is 22.9 Å². The number of allylic oxidation sites excluding steroid dienone is 4. The van der Waals surface area contributed by atoms with E-state index in [4.69, 9.17) is 9.73 Å². The fraction of sp³-hybridized carbons (Fsp3) is 0.385. The molecule has 258 valence electrons. The number of aryl methyl sites for hydroxylation is 1. The van der Waals surface area contributed by atoms with Gasteiger partial charge in [-0.1, -0.05) is 67.6 Å². The summed E-state index contributed by atoms with van der Waals surface area (Å²) in [6.07, 6.45) is 14.1. The van der Waals surface area contributed by atoms with Gasteiger partial charge >= 0.3 is 5.82 Å². The summed E-state index contributed by atoms with van der Waals surface area (Å²) >= 11 is 0. The van der Waals surface area contributed by atoms with Crippen LogP contribution in [0.1, 0.15) is 49.3 Å². The Labute approximate surface area is 294 Å². The molecule has 50 heavy (non-hydrogen) atoms. The number of sulfonamides is 1. The number of anilines is 1. The lowest BCUT2D eigenvalue weighted by Crippen LogP contribution is -2.61. The van der Waals surface area contributed by atoms with E-state index >= 15 is 0 Å². The fourth-order valence-corrected chi connectivity index (χ4v) is 8.06. The van der Waals surface area contributed by atoms with Crippen molar-refractivity contribution in [3.63, 3.8) is 0 Å². The van der Waals surface area contributed by atoms with Crippen LogP contribution >= 0.6 is 0 Å². The first-order valence-electron chi connectivity index (χ1n) is 17.3. The number of aliphatic imine (C=N–C) groups is 1. The molecule has 3 aromatic rings. The summed E-state index contributed by atoms with van der Waals surface area (Å²) in [4.78, 5) is 25.2. The summed E-state index contributed by atoms with van der Waals surface area (Å²) in [5.74, 6) is 0.0325. The molecule has 1 amide bonds. The Morgan fingerprint density at radius 3 is 2.60 bits per heavy atom. The molecule has 2 atom stereocenters. The van der Waals surface area contributed by atoms with Gasteiger partial charge in [0.2, 0.25) is 10.0 Å². The van der Waals surface area contributed by atoms with Gasteiger partial charge in [0.25, 0.3) is 5.91 Å². The molecule has 1 saturated carbocycles. The smallest absolute Gasteiger partial charge is 0.366 e. The average Bonchev–Trinajstić information content (AvgIpc) is 3.87. The average molecular weight is 692 g/mol. The van der Waals surface area contributed by atoms with Crippen LogP contribution in [0, 0.1) is 18.5 Å². The number of rotatable bonds is 11. The minimum Gasteiger partial charge on any atom is -0.366 e. The second-order valence-corrected chi connectivity index (χ2v) is 15.9. The third kappa shape index (κ3) is 7.79. The van der Waals surface area contributed by atoms with E-state index < -0.39 is 16.1 Å². The topological polar surface area (TPSA) is 109 Å². The van der Waals surface area contributed by atoms with Gasteiger partial charge < -0.3 is 4.74 Å². The minimum absolute atomic E-state index is 0.101. The van der Waals surface area contributed by atoms with Gasteiger partial charge in [0.05, 0.1) is 30.2 Å². The molecule has 3 heterocycles. The molecule has 1 saturated heterocycles. The first-order chi connectivity index (χ1) is 24.2. The quantitative estimate of drug-likeness (QED) is 0.267. The molecule has 2 aromatic carbocycles. The van der Waals surface area contributed by atoms with Crippen molar-refractivity contribution in [1.29, 1.82) is 0 Å². The lowest BCUT2D eigenvalue weighted by molar-refractivity contribution is -0.278. The highest BCUT2D eigenvalue weighted by Gasteiger charge is 2.44. The molecule has 2 fully saturated rings. The number of aromatic nitrogens is 1. The van der Waals surface area contributed by atoms with E-state index in [0.717, 1.165) is 48.1 Å². The number of benzene rings is 2. The van der Waals surface area contributed by atoms with E-state index in [1.54, 1.807) is 18.3 Å². The Hall–Kier alpha value is -4.47. The molecule has 0 radical (unpaired) electrons. The van der Waals surface area contributed by atoms with Crippen LogP contribution in [0.5, 0.6) is 0 Å². The fourth-order valence-electron chi connectivity index (χ4n) is 6.57. The molecule has 1 aromatic heterocycles. The van der Waals surface area contributed by atoms with Gasteiger partial charge in [0.1, 0.15) is 0 Å². The van der Waals surface area contributed by atoms with Crippen molar-refractivity contribution in [2.24, 2.45) is 15.5 Å². The van der Waals surface area contributed by atoms with Gasteiger partial charge in [-0.15, -0.1) is 4.98 Å². The van der Waals surface area contributed by atoms with Crippen LogP contribution in [-0.4, -0.2) is 80.4 Å². The molecule has 0 N–H and O–H groups in total. The second kappa shape index (κ2) is 14.4. The third-order valence-corrected chi connectivity index (χ3v) is 11.7. The zero-order valence-electron chi connectivity index (χ0n) is 28.6. The summed E-state index contributed by atoms with van der Waals surface area (Å²) in [6.45, 7) is 6.16. The van der Waals surface area contributed by atoms with Crippen LogP contribution in [0.4, 0.5) is 11.5 Å². The monoisotopic (exact) mass is 691 g/mol. The van der Waals surface area contributed by atoms with E-state index in [2.05, 4.69) is 40.3 Å². The molecule has 2 unspecified atom stereocenters. The van der Waals surface area contributed by atoms with E-state index in [9.17, 15) is 13.2 Å². The number of ether oxygens (including phenoxy) is 1. The first kappa shape index (κ1) is 34.0. The highest BCUT2D eigenvalue weighted by atomic mass is 32.2. The molecule has 11 heteroatoms. The van der Waals surface area contributed by atoms with Gasteiger partial charge in [-0.05, 0) is 66.3 Å². The highest BCUT2D eigenvalue weighted by molar-refractivity contribution is 7.88. The Balaban J connectivity index is 1.04. The summed E-state index contributed by atoms with van der Waals surface area (Å²) in [6, 6.07) is 20.6. The first-order valence-corrected chi connectivity index (χ1v) is 18.9. The lowest BCUT2D eigenvalue weighted by atomic mass is 9.95. The largest absolute Gasteiger partial charge is 0.426 e. The van der Waals surface area contributed by atoms with Crippen molar-refractivity contribution >= 4 is 39.4 Å². The van der Waals surface area contributed by atoms with Gasteiger partial charge in [-0.25, -0.2) is 8.42 Å². The molecule has 2 aliphatic carbocycles. The van der Waals surface area contributed by atoms with E-state index in [-0.39, 0.29) is 23.1 Å². The van der Waals surface area contributed by atoms with Crippen molar-refractivity contribution in [2.45, 2.75) is 57.4 Å². The molecule has 10 nitrogen and oxygen atoms in total. The second-order valence-electron chi connectivity index (χ2n) is 13.9. The zero-order chi connectivity index (χ0) is 34.7. The van der Waals surface area contributed by atoms with Crippen molar-refractivity contribution in [3.05, 3.63) is 113 Å². The standard InChI is InChI=1S/C39H43N6O4S/c1-29-10-9-15-33(24-29)45-38(46)37(49-28-39(2)17-18-39)34(26-41-45)43-20-22-44(23-21-43)50(47,48)27-30-16-19-40-35(25-30)42-36(31-11-5-3-6-12-31)32-13-7-4-8-14-32/h3-7,9-13,15-16,24-26,34,37H,8,14,17-18,20-23,27-28H2,1-2H3/q+1. The Morgan fingerprint density at radius 2 is 1.88 bits per heavy atom. The number of nitrogens with zero attached hydrogens (tertiary/aromatic N) is 6. The Kier molecular flexibility index (Phi) is 9.80. The van der Waals surface area contributed by atoms with Crippen molar-refractivity contribution in [3.8, 4) is 0 Å². The Bertz CT molecular complexity index is 1950. The van der Waals surface area contributed by atoms with Crippen LogP contribution in [0.15, 0.2) is 101 Å². The molecular formula is C39H43N6O4S+. The van der Waals surface area contributed by atoms with Crippen LogP contribution in [0.2, 0.25) is 0 Å². The normalized spacial score (nSPS) is 22.7. The van der Waals surface area contributed by atoms with E-state index in [0.29, 0.717) is 49.9 Å². The predicted molar refractivity (Wildman–Crippen MR) is 194 cm³/mol. The number of hydrazone groups is 1. The van der Waals surface area contributed by atoms with Gasteiger partial charge in [0, 0.05) is 49.6 Å². The number of hydrogen-bond acceptors (Lipinski definition) is 7. The van der Waals surface area contributed by atoms with Crippen LogP contribution in [0.25, 0.3) is 0 Å². The van der Waals surface area contributed by atoms with Gasteiger partial charge in [-0.2, -0.15) is 14.4 Å². The third-order valence-electron chi connectivity index (χ3n) is 9.83. The number of carbonyl (C=O) groups excluding carboxylic acids is 1. The maximum absolute atomic E-state index is 13.9. The Morgan fingerprint density at radius 1 is 1.08 bits per heavy atom. The van der Waals surface area contributed by atoms with E-state index in [1.807, 2.05) is 67.6 Å². The molecule has 7 rings (SSSR count). The highest BCUT2D eigenvalue weighted by Crippen LogP contribution is 2.45. The van der Waals surface area contributed by atoms with Crippen molar-refractivity contribution in [2.75, 3.05) is 37.8 Å². The van der Waals surface area contributed by atoms with Crippen LogP contribution in [0.3, 0.4) is 0 Å². The lowest BCUT2D eigenvalue weighted by Gasteiger charge is -2.42. The summed E-state index contributed by atoms with van der Waals surface area (Å²) < 4.78 is 35.3. The van der Waals surface area contributed by atoms with Crippen LogP contribution < -0.4 is 9.99 Å². The maximum Gasteiger partial charge on any atom is 0.426 e. The molecular weight excluding hydrogens is 649 g/mol. The minimum atomic E-state index is -3.65. The van der Waals surface area contributed by atoms with Gasteiger partial charge in [0.15, 0.2) is 18.0 Å². The maximum atomic E-state index is 13.9. The number of hydrogen-bond donors (Lipinski definition) is 0. The summed E-state index contributed by atoms with van der Waals surface area (Å²) in [7, 11) is -3.65. The van der Waals surface area contributed by atoms with Gasteiger partial charge in [-0.3, -0.25) is 9.69 Å². The van der Waals surface area contributed by atoms with E-state index in [1.165, 1.54) is 9.31 Å². The molecule has 4 aliphatic rings. The molecule has 0 spiro atoms. The van der Waals surface area contributed by atoms with Crippen molar-refractivity contribution in [1.82, 2.24) is 9.21 Å². The zero-order valence-corrected chi connectivity index (χ0v) is 29.4. The summed E-state index contributed by atoms with van der Waals surface area (Å²) in [5.41, 5.74) is 5.33.